The Morgan fingerprint density at radius 3 is 2.38 bits per heavy atom. The van der Waals surface area contributed by atoms with Gasteiger partial charge in [-0.1, -0.05) is 39.3 Å². The van der Waals surface area contributed by atoms with Crippen LogP contribution in [0.15, 0.2) is 23.8 Å². The van der Waals surface area contributed by atoms with E-state index < -0.39 is 0 Å². The maximum Gasteiger partial charge on any atom is 0.126 e. The van der Waals surface area contributed by atoms with Crippen LogP contribution in [0.4, 0.5) is 0 Å². The normalized spacial score (nSPS) is 12.1. The van der Waals surface area contributed by atoms with Crippen LogP contribution in [-0.2, 0) is 0 Å². The number of methoxy groups -OCH3 is 2. The van der Waals surface area contributed by atoms with Gasteiger partial charge in [0, 0.05) is 12.1 Å². The molecule has 0 aliphatic rings. The molecule has 3 heteroatoms. The second-order valence-electron chi connectivity index (χ2n) is 6.01. The minimum atomic E-state index is 0.487. The summed E-state index contributed by atoms with van der Waals surface area (Å²) in [6.45, 7) is 10.8. The first-order chi connectivity index (χ1) is 9.97. The van der Waals surface area contributed by atoms with E-state index in [4.69, 9.17) is 9.47 Å². The van der Waals surface area contributed by atoms with Crippen molar-refractivity contribution in [3.63, 3.8) is 0 Å². The highest BCUT2D eigenvalue weighted by Crippen LogP contribution is 2.27. The summed E-state index contributed by atoms with van der Waals surface area (Å²) < 4.78 is 10.8. The molecule has 0 heterocycles. The highest BCUT2D eigenvalue weighted by Gasteiger charge is 2.08. The molecule has 0 atom stereocenters. The predicted molar refractivity (Wildman–Crippen MR) is 90.1 cm³/mol. The molecule has 1 N–H and O–H groups in total. The average Bonchev–Trinajstić information content (AvgIpc) is 2.45. The van der Waals surface area contributed by atoms with Crippen molar-refractivity contribution < 1.29 is 9.47 Å². The number of benzene rings is 1. The predicted octanol–water partition coefficient (Wildman–Crippen LogP) is 3.99. The van der Waals surface area contributed by atoms with Crippen LogP contribution in [0.1, 0.15) is 33.3 Å². The van der Waals surface area contributed by atoms with Crippen molar-refractivity contribution in [2.24, 2.45) is 11.8 Å². The van der Waals surface area contributed by atoms with E-state index in [9.17, 15) is 0 Å². The first-order valence-corrected chi connectivity index (χ1v) is 7.61. The maximum atomic E-state index is 5.45. The molecular weight excluding hydrogens is 262 g/mol. The topological polar surface area (TPSA) is 30.5 Å². The van der Waals surface area contributed by atoms with Crippen LogP contribution in [0.25, 0.3) is 6.08 Å². The summed E-state index contributed by atoms with van der Waals surface area (Å²) in [6, 6.07) is 5.88. The van der Waals surface area contributed by atoms with Gasteiger partial charge in [0.1, 0.15) is 11.5 Å². The van der Waals surface area contributed by atoms with Crippen molar-refractivity contribution in [1.82, 2.24) is 5.32 Å². The van der Waals surface area contributed by atoms with Gasteiger partial charge in [-0.3, -0.25) is 0 Å². The molecule has 1 rings (SSSR count). The second-order valence-corrected chi connectivity index (χ2v) is 6.01. The fourth-order valence-corrected chi connectivity index (χ4v) is 2.08. The van der Waals surface area contributed by atoms with Gasteiger partial charge >= 0.3 is 0 Å². The highest BCUT2D eigenvalue weighted by atomic mass is 16.5. The van der Waals surface area contributed by atoms with Gasteiger partial charge in [-0.05, 0) is 36.6 Å². The fourth-order valence-electron chi connectivity index (χ4n) is 2.08. The molecule has 0 saturated heterocycles. The second kappa shape index (κ2) is 8.73. The van der Waals surface area contributed by atoms with E-state index in [0.29, 0.717) is 11.8 Å². The molecule has 0 radical (unpaired) electrons. The number of rotatable bonds is 8. The van der Waals surface area contributed by atoms with E-state index in [1.165, 1.54) is 5.57 Å². The Kier molecular flexibility index (Phi) is 7.30. The van der Waals surface area contributed by atoms with Crippen molar-refractivity contribution >= 4 is 6.08 Å². The van der Waals surface area contributed by atoms with Crippen LogP contribution in [0.5, 0.6) is 11.5 Å². The zero-order valence-corrected chi connectivity index (χ0v) is 14.2. The van der Waals surface area contributed by atoms with Crippen LogP contribution in [0.2, 0.25) is 0 Å². The lowest BCUT2D eigenvalue weighted by molar-refractivity contribution is 0.402. The van der Waals surface area contributed by atoms with Gasteiger partial charge in [-0.2, -0.15) is 0 Å². The lowest BCUT2D eigenvalue weighted by Crippen LogP contribution is -2.23. The molecule has 0 spiro atoms. The average molecular weight is 291 g/mol. The third kappa shape index (κ3) is 5.80. The summed E-state index contributed by atoms with van der Waals surface area (Å²) in [6.07, 6.45) is 2.21. The summed E-state index contributed by atoms with van der Waals surface area (Å²) in [5.41, 5.74) is 2.43. The molecule has 118 valence electrons. The van der Waals surface area contributed by atoms with Gasteiger partial charge in [0.15, 0.2) is 0 Å². The zero-order chi connectivity index (χ0) is 15.8. The SMILES string of the molecule is COc1ccc(OC)c(C=C(CNCC(C)C)C(C)C)c1. The van der Waals surface area contributed by atoms with Gasteiger partial charge < -0.3 is 14.8 Å². The zero-order valence-electron chi connectivity index (χ0n) is 14.2. The minimum Gasteiger partial charge on any atom is -0.497 e. The quantitative estimate of drug-likeness (QED) is 0.785. The molecule has 0 aromatic heterocycles. The maximum absolute atomic E-state index is 5.45. The summed E-state index contributed by atoms with van der Waals surface area (Å²) in [5, 5.41) is 3.51. The van der Waals surface area contributed by atoms with Crippen LogP contribution in [0.3, 0.4) is 0 Å². The molecule has 3 nitrogen and oxygen atoms in total. The molecule has 0 bridgehead atoms. The highest BCUT2D eigenvalue weighted by molar-refractivity contribution is 5.62. The summed E-state index contributed by atoms with van der Waals surface area (Å²) >= 11 is 0. The monoisotopic (exact) mass is 291 g/mol. The Hall–Kier alpha value is -1.48. The Labute approximate surface area is 129 Å². The summed E-state index contributed by atoms with van der Waals surface area (Å²) in [4.78, 5) is 0. The van der Waals surface area contributed by atoms with Crippen molar-refractivity contribution in [2.45, 2.75) is 27.7 Å². The minimum absolute atomic E-state index is 0.487. The molecule has 21 heavy (non-hydrogen) atoms. The van der Waals surface area contributed by atoms with E-state index in [0.717, 1.165) is 30.2 Å². The Balaban J connectivity index is 2.98. The smallest absolute Gasteiger partial charge is 0.126 e. The van der Waals surface area contributed by atoms with Gasteiger partial charge in [0.05, 0.1) is 14.2 Å². The molecule has 0 fully saturated rings. The van der Waals surface area contributed by atoms with Crippen LogP contribution < -0.4 is 14.8 Å². The van der Waals surface area contributed by atoms with Gasteiger partial charge in [-0.25, -0.2) is 0 Å². The molecule has 1 aromatic carbocycles. The summed E-state index contributed by atoms with van der Waals surface area (Å²) in [7, 11) is 3.38. The van der Waals surface area contributed by atoms with Crippen molar-refractivity contribution in [3.05, 3.63) is 29.3 Å². The van der Waals surface area contributed by atoms with E-state index in [1.54, 1.807) is 14.2 Å². The first kappa shape index (κ1) is 17.6. The standard InChI is InChI=1S/C18H29NO2/c1-13(2)11-19-12-16(14(3)4)9-15-10-17(20-5)7-8-18(15)21-6/h7-10,13-14,19H,11-12H2,1-6H3. The number of hydrogen-bond acceptors (Lipinski definition) is 3. The molecule has 1 aromatic rings. The first-order valence-electron chi connectivity index (χ1n) is 7.61. The lowest BCUT2D eigenvalue weighted by atomic mass is 9.99. The Morgan fingerprint density at radius 2 is 1.86 bits per heavy atom. The largest absolute Gasteiger partial charge is 0.497 e. The molecular formula is C18H29NO2. The molecule has 0 saturated carbocycles. The summed E-state index contributed by atoms with van der Waals surface area (Å²) in [5.74, 6) is 2.86. The van der Waals surface area contributed by atoms with Crippen molar-refractivity contribution in [1.29, 1.82) is 0 Å². The fraction of sp³-hybridized carbons (Fsp3) is 0.556. The van der Waals surface area contributed by atoms with Crippen molar-refractivity contribution in [3.8, 4) is 11.5 Å². The Morgan fingerprint density at radius 1 is 1.14 bits per heavy atom. The molecule has 0 unspecified atom stereocenters. The van der Waals surface area contributed by atoms with Gasteiger partial charge in [0.2, 0.25) is 0 Å². The van der Waals surface area contributed by atoms with Crippen LogP contribution in [0, 0.1) is 11.8 Å². The number of hydrogen-bond donors (Lipinski definition) is 1. The lowest BCUT2D eigenvalue weighted by Gasteiger charge is -2.15. The third-order valence-corrected chi connectivity index (χ3v) is 3.40. The Bertz CT molecular complexity index is 464. The van der Waals surface area contributed by atoms with Gasteiger partial charge in [-0.15, -0.1) is 0 Å². The third-order valence-electron chi connectivity index (χ3n) is 3.40. The van der Waals surface area contributed by atoms with E-state index in [-0.39, 0.29) is 0 Å². The molecule has 0 amide bonds. The number of nitrogens with one attached hydrogen (secondary N) is 1. The van der Waals surface area contributed by atoms with Crippen LogP contribution in [-0.4, -0.2) is 27.3 Å². The van der Waals surface area contributed by atoms with E-state index in [2.05, 4.69) is 39.1 Å². The molecule has 0 aliphatic carbocycles. The number of ether oxygens (including phenoxy) is 2. The van der Waals surface area contributed by atoms with Gasteiger partial charge in [0.25, 0.3) is 0 Å². The van der Waals surface area contributed by atoms with Crippen LogP contribution >= 0.6 is 0 Å². The van der Waals surface area contributed by atoms with Crippen molar-refractivity contribution in [2.75, 3.05) is 27.3 Å². The van der Waals surface area contributed by atoms with E-state index in [1.807, 2.05) is 18.2 Å². The molecule has 0 aliphatic heterocycles. The van der Waals surface area contributed by atoms with E-state index >= 15 is 0 Å².